The van der Waals surface area contributed by atoms with E-state index < -0.39 is 18.0 Å². The molecule has 98 valence electrons. The number of hydrogen-bond donors (Lipinski definition) is 3. The van der Waals surface area contributed by atoms with E-state index in [2.05, 4.69) is 10.6 Å². The molecule has 2 amide bonds. The summed E-state index contributed by atoms with van der Waals surface area (Å²) < 4.78 is 5.41. The van der Waals surface area contributed by atoms with Crippen LogP contribution in [0.5, 0.6) is 0 Å². The van der Waals surface area contributed by atoms with E-state index in [0.29, 0.717) is 13.0 Å². The van der Waals surface area contributed by atoms with Crippen LogP contribution in [-0.2, 0) is 9.53 Å². The van der Waals surface area contributed by atoms with Crippen LogP contribution >= 0.6 is 0 Å². The molecule has 1 saturated heterocycles. The van der Waals surface area contributed by atoms with Crippen LogP contribution in [0.3, 0.4) is 0 Å². The maximum Gasteiger partial charge on any atom is 0.326 e. The van der Waals surface area contributed by atoms with E-state index in [1.807, 2.05) is 0 Å². The predicted molar refractivity (Wildman–Crippen MR) is 61.8 cm³/mol. The second-order valence-corrected chi connectivity index (χ2v) is 4.12. The van der Waals surface area contributed by atoms with Gasteiger partial charge in [-0.1, -0.05) is 6.92 Å². The fourth-order valence-electron chi connectivity index (χ4n) is 1.77. The Balaban J connectivity index is 2.13. The Morgan fingerprint density at radius 3 is 2.82 bits per heavy atom. The third-order valence-corrected chi connectivity index (χ3v) is 2.79. The zero-order valence-electron chi connectivity index (χ0n) is 10.1. The van der Waals surface area contributed by atoms with E-state index in [-0.39, 0.29) is 6.10 Å². The maximum atomic E-state index is 11.4. The topological polar surface area (TPSA) is 87.7 Å². The predicted octanol–water partition coefficient (Wildman–Crippen LogP) is 0.718. The van der Waals surface area contributed by atoms with Crippen LogP contribution < -0.4 is 10.6 Å². The normalized spacial score (nSPS) is 20.9. The van der Waals surface area contributed by atoms with Crippen molar-refractivity contribution in [3.63, 3.8) is 0 Å². The van der Waals surface area contributed by atoms with E-state index >= 15 is 0 Å². The molecule has 0 aromatic carbocycles. The van der Waals surface area contributed by atoms with Gasteiger partial charge < -0.3 is 20.5 Å². The number of carboxylic acids is 1. The third kappa shape index (κ3) is 5.04. The van der Waals surface area contributed by atoms with Crippen molar-refractivity contribution in [1.29, 1.82) is 0 Å². The molecule has 0 bridgehead atoms. The quantitative estimate of drug-likeness (QED) is 0.642. The minimum absolute atomic E-state index is 0.233. The van der Waals surface area contributed by atoms with Crippen molar-refractivity contribution in [2.75, 3.05) is 13.2 Å². The largest absolute Gasteiger partial charge is 0.480 e. The first-order valence-corrected chi connectivity index (χ1v) is 6.02. The van der Waals surface area contributed by atoms with Gasteiger partial charge in [0.25, 0.3) is 0 Å². The molecule has 1 heterocycles. The lowest BCUT2D eigenvalue weighted by atomic mass is 10.2. The van der Waals surface area contributed by atoms with Gasteiger partial charge in [0.05, 0.1) is 6.10 Å². The first-order valence-electron chi connectivity index (χ1n) is 6.02. The number of hydrogen-bond acceptors (Lipinski definition) is 3. The second kappa shape index (κ2) is 7.11. The monoisotopic (exact) mass is 244 g/mol. The number of amides is 2. The fourth-order valence-corrected chi connectivity index (χ4v) is 1.77. The molecule has 1 fully saturated rings. The summed E-state index contributed by atoms with van der Waals surface area (Å²) in [4.78, 5) is 22.1. The summed E-state index contributed by atoms with van der Waals surface area (Å²) in [5.74, 6) is -1.01. The second-order valence-electron chi connectivity index (χ2n) is 4.12. The molecule has 1 rings (SSSR count). The summed E-state index contributed by atoms with van der Waals surface area (Å²) >= 11 is 0. The van der Waals surface area contributed by atoms with Crippen LogP contribution in [0.4, 0.5) is 4.79 Å². The van der Waals surface area contributed by atoms with Gasteiger partial charge in [-0.05, 0) is 25.7 Å². The molecule has 0 aromatic heterocycles. The van der Waals surface area contributed by atoms with Gasteiger partial charge in [-0.15, -0.1) is 0 Å². The summed E-state index contributed by atoms with van der Waals surface area (Å²) in [6, 6.07) is -1.25. The Hall–Kier alpha value is -1.30. The van der Waals surface area contributed by atoms with Crippen LogP contribution in [0, 0.1) is 0 Å². The van der Waals surface area contributed by atoms with E-state index in [1.165, 1.54) is 0 Å². The van der Waals surface area contributed by atoms with Crippen LogP contribution in [0.1, 0.15) is 32.6 Å². The molecule has 6 nitrogen and oxygen atoms in total. The Morgan fingerprint density at radius 1 is 1.53 bits per heavy atom. The molecule has 1 aliphatic rings. The number of aliphatic carboxylic acids is 1. The van der Waals surface area contributed by atoms with Crippen LogP contribution in [0.15, 0.2) is 0 Å². The van der Waals surface area contributed by atoms with E-state index in [9.17, 15) is 9.59 Å². The van der Waals surface area contributed by atoms with Crippen LogP contribution in [0.2, 0.25) is 0 Å². The molecule has 2 atom stereocenters. The summed E-state index contributed by atoms with van der Waals surface area (Å²) in [6.45, 7) is 3.02. The highest BCUT2D eigenvalue weighted by Crippen LogP contribution is 2.14. The molecule has 17 heavy (non-hydrogen) atoms. The number of carboxylic acid groups (broad SMARTS) is 1. The van der Waals surface area contributed by atoms with Crippen molar-refractivity contribution in [3.8, 4) is 0 Å². The molecule has 0 aliphatic carbocycles. The van der Waals surface area contributed by atoms with Crippen LogP contribution in [0.25, 0.3) is 0 Å². The standard InChI is InChI=1S/C11H20N2O4/c1-2-9(10(14)15)13-11(16)12-6-5-8-4-3-7-17-8/h8-9H,2-7H2,1H3,(H,14,15)(H2,12,13,16). The van der Waals surface area contributed by atoms with Gasteiger partial charge in [0.15, 0.2) is 0 Å². The molecule has 2 unspecified atom stereocenters. The molecule has 0 spiro atoms. The van der Waals surface area contributed by atoms with Crippen molar-refractivity contribution in [3.05, 3.63) is 0 Å². The molecule has 6 heteroatoms. The lowest BCUT2D eigenvalue weighted by molar-refractivity contribution is -0.139. The molecule has 0 saturated carbocycles. The van der Waals surface area contributed by atoms with Gasteiger partial charge in [0.2, 0.25) is 0 Å². The summed E-state index contributed by atoms with van der Waals surface area (Å²) in [7, 11) is 0. The minimum Gasteiger partial charge on any atom is -0.480 e. The molecule has 0 aromatic rings. The highest BCUT2D eigenvalue weighted by atomic mass is 16.5. The average Bonchev–Trinajstić information content (AvgIpc) is 2.78. The van der Waals surface area contributed by atoms with Crippen molar-refractivity contribution in [2.45, 2.75) is 44.8 Å². The Morgan fingerprint density at radius 2 is 2.29 bits per heavy atom. The Bertz CT molecular complexity index is 264. The fraction of sp³-hybridized carbons (Fsp3) is 0.818. The van der Waals surface area contributed by atoms with Gasteiger partial charge in [-0.25, -0.2) is 9.59 Å². The smallest absolute Gasteiger partial charge is 0.326 e. The number of urea groups is 1. The van der Waals surface area contributed by atoms with Gasteiger partial charge in [-0.2, -0.15) is 0 Å². The van der Waals surface area contributed by atoms with Gasteiger partial charge >= 0.3 is 12.0 Å². The minimum atomic E-state index is -1.01. The highest BCUT2D eigenvalue weighted by molar-refractivity contribution is 5.82. The zero-order valence-corrected chi connectivity index (χ0v) is 10.1. The summed E-state index contributed by atoms with van der Waals surface area (Å²) in [5, 5.41) is 13.8. The molecular weight excluding hydrogens is 224 g/mol. The van der Waals surface area contributed by atoms with Crippen LogP contribution in [-0.4, -0.2) is 42.4 Å². The third-order valence-electron chi connectivity index (χ3n) is 2.79. The van der Waals surface area contributed by atoms with Crippen molar-refractivity contribution < 1.29 is 19.4 Å². The molecule has 0 radical (unpaired) electrons. The first-order chi connectivity index (χ1) is 8.13. The Kier molecular flexibility index (Phi) is 5.76. The van der Waals surface area contributed by atoms with Crippen molar-refractivity contribution in [1.82, 2.24) is 10.6 Å². The van der Waals surface area contributed by atoms with Crippen molar-refractivity contribution in [2.24, 2.45) is 0 Å². The Labute approximate surface area is 101 Å². The molecular formula is C11H20N2O4. The highest BCUT2D eigenvalue weighted by Gasteiger charge is 2.18. The maximum absolute atomic E-state index is 11.4. The molecule has 3 N–H and O–H groups in total. The number of nitrogens with one attached hydrogen (secondary N) is 2. The van der Waals surface area contributed by atoms with E-state index in [4.69, 9.17) is 9.84 Å². The SMILES string of the molecule is CCC(NC(=O)NCCC1CCCO1)C(=O)O. The molecule has 1 aliphatic heterocycles. The average molecular weight is 244 g/mol. The number of rotatable bonds is 6. The number of ether oxygens (including phenoxy) is 1. The first kappa shape index (κ1) is 13.8. The van der Waals surface area contributed by atoms with E-state index in [1.54, 1.807) is 6.92 Å². The summed E-state index contributed by atoms with van der Waals surface area (Å²) in [5.41, 5.74) is 0. The van der Waals surface area contributed by atoms with Crippen molar-refractivity contribution >= 4 is 12.0 Å². The van der Waals surface area contributed by atoms with Gasteiger partial charge in [-0.3, -0.25) is 0 Å². The zero-order chi connectivity index (χ0) is 12.7. The summed E-state index contributed by atoms with van der Waals surface area (Å²) in [6.07, 6.45) is 3.49. The lowest BCUT2D eigenvalue weighted by Gasteiger charge is -2.14. The van der Waals surface area contributed by atoms with Gasteiger partial charge in [0.1, 0.15) is 6.04 Å². The number of carbonyl (C=O) groups is 2. The van der Waals surface area contributed by atoms with E-state index in [0.717, 1.165) is 25.9 Å². The number of carbonyl (C=O) groups excluding carboxylic acids is 1. The lowest BCUT2D eigenvalue weighted by Crippen LogP contribution is -2.46. The van der Waals surface area contributed by atoms with Gasteiger partial charge in [0, 0.05) is 13.2 Å².